The molecular weight excluding hydrogens is 294 g/mol. The average Bonchev–Trinajstić information content (AvgIpc) is 3.23. The van der Waals surface area contributed by atoms with E-state index in [1.165, 1.54) is 0 Å². The fourth-order valence-corrected chi connectivity index (χ4v) is 2.95. The zero-order valence-electron chi connectivity index (χ0n) is 12.5. The number of aromatic hydroxyl groups is 1. The zero-order valence-corrected chi connectivity index (χ0v) is 12.5. The maximum absolute atomic E-state index is 12.2. The molecule has 2 N–H and O–H groups in total. The minimum Gasteiger partial charge on any atom is -0.508 e. The summed E-state index contributed by atoms with van der Waals surface area (Å²) >= 11 is 0. The van der Waals surface area contributed by atoms with E-state index in [9.17, 15) is 9.90 Å². The molecule has 5 heteroatoms. The van der Waals surface area contributed by atoms with E-state index in [-0.39, 0.29) is 30.3 Å². The summed E-state index contributed by atoms with van der Waals surface area (Å²) in [6.45, 7) is 0.732. The monoisotopic (exact) mass is 311 g/mol. The highest BCUT2D eigenvalue weighted by Crippen LogP contribution is 2.47. The van der Waals surface area contributed by atoms with Gasteiger partial charge in [0.25, 0.3) is 0 Å². The van der Waals surface area contributed by atoms with Gasteiger partial charge in [0.15, 0.2) is 11.5 Å². The molecule has 0 radical (unpaired) electrons. The van der Waals surface area contributed by atoms with Crippen LogP contribution in [0.15, 0.2) is 42.5 Å². The van der Waals surface area contributed by atoms with Crippen LogP contribution in [0.2, 0.25) is 0 Å². The summed E-state index contributed by atoms with van der Waals surface area (Å²) in [6.07, 6.45) is 0.859. The van der Waals surface area contributed by atoms with Crippen molar-refractivity contribution in [3.05, 3.63) is 53.6 Å². The van der Waals surface area contributed by atoms with Gasteiger partial charge < -0.3 is 19.9 Å². The SMILES string of the molecule is O=C(NCc1ccc2c(c1)OCO2)C1CC1c1ccc(O)cc1. The van der Waals surface area contributed by atoms with E-state index in [1.54, 1.807) is 12.1 Å². The summed E-state index contributed by atoms with van der Waals surface area (Å²) in [6, 6.07) is 12.8. The molecule has 1 fully saturated rings. The van der Waals surface area contributed by atoms with Crippen molar-refractivity contribution in [2.45, 2.75) is 18.9 Å². The highest BCUT2D eigenvalue weighted by molar-refractivity contribution is 5.82. The Kier molecular flexibility index (Phi) is 3.33. The van der Waals surface area contributed by atoms with Gasteiger partial charge >= 0.3 is 0 Å². The third kappa shape index (κ3) is 2.82. The topological polar surface area (TPSA) is 67.8 Å². The van der Waals surface area contributed by atoms with Gasteiger partial charge in [0.1, 0.15) is 5.75 Å². The Morgan fingerprint density at radius 2 is 1.91 bits per heavy atom. The third-order valence-electron chi connectivity index (χ3n) is 4.35. The number of benzene rings is 2. The number of amides is 1. The number of fused-ring (bicyclic) bond motifs is 1. The smallest absolute Gasteiger partial charge is 0.231 e. The van der Waals surface area contributed by atoms with Crippen LogP contribution in [0.4, 0.5) is 0 Å². The Morgan fingerprint density at radius 3 is 2.74 bits per heavy atom. The number of ether oxygens (including phenoxy) is 2. The van der Waals surface area contributed by atoms with Crippen molar-refractivity contribution in [3.63, 3.8) is 0 Å². The van der Waals surface area contributed by atoms with Crippen LogP contribution < -0.4 is 14.8 Å². The molecule has 2 unspecified atom stereocenters. The number of hydrogen-bond donors (Lipinski definition) is 2. The lowest BCUT2D eigenvalue weighted by molar-refractivity contribution is -0.122. The fraction of sp³-hybridized carbons (Fsp3) is 0.278. The minimum atomic E-state index is 0.0218. The first-order chi connectivity index (χ1) is 11.2. The molecule has 4 rings (SSSR count). The molecule has 2 aromatic carbocycles. The Morgan fingerprint density at radius 1 is 1.13 bits per heavy atom. The van der Waals surface area contributed by atoms with E-state index in [0.29, 0.717) is 6.54 Å². The van der Waals surface area contributed by atoms with Crippen molar-refractivity contribution < 1.29 is 19.4 Å². The zero-order chi connectivity index (χ0) is 15.8. The molecule has 1 heterocycles. The van der Waals surface area contributed by atoms with Crippen molar-refractivity contribution in [1.82, 2.24) is 5.32 Å². The molecule has 2 aliphatic rings. The first-order valence-corrected chi connectivity index (χ1v) is 7.66. The molecule has 2 aromatic rings. The van der Waals surface area contributed by atoms with Gasteiger partial charge in [-0.15, -0.1) is 0 Å². The first-order valence-electron chi connectivity index (χ1n) is 7.66. The summed E-state index contributed by atoms with van der Waals surface area (Å²) in [5.41, 5.74) is 2.09. The Hall–Kier alpha value is -2.69. The number of phenolic OH excluding ortho intramolecular Hbond substituents is 1. The van der Waals surface area contributed by atoms with Crippen LogP contribution in [0.3, 0.4) is 0 Å². The van der Waals surface area contributed by atoms with E-state index >= 15 is 0 Å². The molecule has 0 aromatic heterocycles. The maximum Gasteiger partial charge on any atom is 0.231 e. The number of hydrogen-bond acceptors (Lipinski definition) is 4. The van der Waals surface area contributed by atoms with Crippen LogP contribution in [0.25, 0.3) is 0 Å². The quantitative estimate of drug-likeness (QED) is 0.910. The van der Waals surface area contributed by atoms with E-state index in [0.717, 1.165) is 29.0 Å². The number of nitrogens with one attached hydrogen (secondary N) is 1. The second-order valence-corrected chi connectivity index (χ2v) is 5.95. The molecule has 1 saturated carbocycles. The molecular formula is C18H17NO4. The Balaban J connectivity index is 1.33. The van der Waals surface area contributed by atoms with E-state index in [4.69, 9.17) is 9.47 Å². The summed E-state index contributed by atoms with van der Waals surface area (Å²) in [5, 5.41) is 12.3. The molecule has 0 saturated heterocycles. The lowest BCUT2D eigenvalue weighted by atomic mass is 10.1. The van der Waals surface area contributed by atoms with Crippen molar-refractivity contribution in [1.29, 1.82) is 0 Å². The average molecular weight is 311 g/mol. The molecule has 2 atom stereocenters. The van der Waals surface area contributed by atoms with Crippen molar-refractivity contribution in [2.75, 3.05) is 6.79 Å². The molecule has 23 heavy (non-hydrogen) atoms. The lowest BCUT2D eigenvalue weighted by Gasteiger charge is -2.06. The van der Waals surface area contributed by atoms with Crippen LogP contribution in [0, 0.1) is 5.92 Å². The molecule has 0 spiro atoms. The predicted octanol–water partition coefficient (Wildman–Crippen LogP) is 2.54. The maximum atomic E-state index is 12.2. The molecule has 118 valence electrons. The summed E-state index contributed by atoms with van der Waals surface area (Å²) < 4.78 is 10.6. The van der Waals surface area contributed by atoms with Gasteiger partial charge in [-0.05, 0) is 47.7 Å². The largest absolute Gasteiger partial charge is 0.508 e. The van der Waals surface area contributed by atoms with Gasteiger partial charge in [0.05, 0.1) is 0 Å². The number of phenols is 1. The summed E-state index contributed by atoms with van der Waals surface area (Å²) in [5.74, 6) is 2.07. The minimum absolute atomic E-state index is 0.0218. The molecule has 1 aliphatic heterocycles. The predicted molar refractivity (Wildman–Crippen MR) is 83.4 cm³/mol. The fourth-order valence-electron chi connectivity index (χ4n) is 2.95. The molecule has 1 aliphatic carbocycles. The first kappa shape index (κ1) is 13.9. The van der Waals surface area contributed by atoms with Crippen LogP contribution in [-0.2, 0) is 11.3 Å². The van der Waals surface area contributed by atoms with Crippen LogP contribution in [0.5, 0.6) is 17.2 Å². The standard InChI is InChI=1S/C18H17NO4/c20-13-4-2-12(3-5-13)14-8-15(14)18(21)19-9-11-1-6-16-17(7-11)23-10-22-16/h1-7,14-15,20H,8-10H2,(H,19,21). The highest BCUT2D eigenvalue weighted by atomic mass is 16.7. The van der Waals surface area contributed by atoms with Gasteiger partial charge in [-0.2, -0.15) is 0 Å². The Labute approximate surface area is 133 Å². The Bertz CT molecular complexity index is 741. The third-order valence-corrected chi connectivity index (χ3v) is 4.35. The second kappa shape index (κ2) is 5.50. The van der Waals surface area contributed by atoms with Crippen molar-refractivity contribution in [2.24, 2.45) is 5.92 Å². The van der Waals surface area contributed by atoms with Crippen molar-refractivity contribution in [3.8, 4) is 17.2 Å². The molecule has 1 amide bonds. The van der Waals surface area contributed by atoms with Crippen molar-refractivity contribution >= 4 is 5.91 Å². The van der Waals surface area contributed by atoms with Gasteiger partial charge in [0, 0.05) is 12.5 Å². The van der Waals surface area contributed by atoms with E-state index < -0.39 is 0 Å². The van der Waals surface area contributed by atoms with Crippen LogP contribution in [-0.4, -0.2) is 17.8 Å². The normalized spacial score (nSPS) is 21.0. The lowest BCUT2D eigenvalue weighted by Crippen LogP contribution is -2.24. The van der Waals surface area contributed by atoms with Gasteiger partial charge in [-0.3, -0.25) is 4.79 Å². The second-order valence-electron chi connectivity index (χ2n) is 5.95. The van der Waals surface area contributed by atoms with E-state index in [2.05, 4.69) is 5.32 Å². The van der Waals surface area contributed by atoms with E-state index in [1.807, 2.05) is 30.3 Å². The van der Waals surface area contributed by atoms with Gasteiger partial charge in [0.2, 0.25) is 12.7 Å². The van der Waals surface area contributed by atoms with Gasteiger partial charge in [-0.1, -0.05) is 18.2 Å². The van der Waals surface area contributed by atoms with Crippen LogP contribution >= 0.6 is 0 Å². The number of rotatable bonds is 4. The summed E-state index contributed by atoms with van der Waals surface area (Å²) in [4.78, 5) is 12.2. The van der Waals surface area contributed by atoms with Crippen LogP contribution in [0.1, 0.15) is 23.5 Å². The summed E-state index contributed by atoms with van der Waals surface area (Å²) in [7, 11) is 0. The molecule has 5 nitrogen and oxygen atoms in total. The van der Waals surface area contributed by atoms with Gasteiger partial charge in [-0.25, -0.2) is 0 Å². The number of carbonyl (C=O) groups excluding carboxylic acids is 1. The number of carbonyl (C=O) groups is 1. The highest BCUT2D eigenvalue weighted by Gasteiger charge is 2.43. The molecule has 0 bridgehead atoms.